The average Bonchev–Trinajstić information content (AvgIpc) is 3.26. The van der Waals surface area contributed by atoms with E-state index in [0.717, 1.165) is 44.9 Å². The summed E-state index contributed by atoms with van der Waals surface area (Å²) in [7, 11) is 0. The molecule has 3 fully saturated rings. The monoisotopic (exact) mass is 310 g/mol. The average molecular weight is 310 g/mol. The van der Waals surface area contributed by atoms with Crippen molar-refractivity contribution < 1.29 is 19.8 Å². The first-order valence-electron chi connectivity index (χ1n) is 8.48. The van der Waals surface area contributed by atoms with E-state index in [1.807, 2.05) is 9.80 Å². The number of hydrogen-bond donors (Lipinski definition) is 2. The summed E-state index contributed by atoms with van der Waals surface area (Å²) in [5.74, 6) is 0.388. The summed E-state index contributed by atoms with van der Waals surface area (Å²) in [6.45, 7) is 1.73. The van der Waals surface area contributed by atoms with E-state index >= 15 is 0 Å². The van der Waals surface area contributed by atoms with Crippen LogP contribution in [0.25, 0.3) is 0 Å². The van der Waals surface area contributed by atoms with Crippen LogP contribution in [0.1, 0.15) is 51.4 Å². The zero-order valence-corrected chi connectivity index (χ0v) is 13.1. The normalized spacial score (nSPS) is 33.2. The Hall–Kier alpha value is -1.14. The number of amides is 2. The Morgan fingerprint density at radius 2 is 1.27 bits per heavy atom. The predicted molar refractivity (Wildman–Crippen MR) is 80.0 cm³/mol. The van der Waals surface area contributed by atoms with Gasteiger partial charge in [-0.1, -0.05) is 0 Å². The van der Waals surface area contributed by atoms with Gasteiger partial charge in [-0.25, -0.2) is 0 Å². The van der Waals surface area contributed by atoms with E-state index in [0.29, 0.717) is 19.5 Å². The largest absolute Gasteiger partial charge is 0.396 e. The van der Waals surface area contributed by atoms with E-state index < -0.39 is 11.1 Å². The van der Waals surface area contributed by atoms with Crippen LogP contribution in [-0.4, -0.2) is 69.2 Å². The third-order valence-electron chi connectivity index (χ3n) is 5.57. The molecule has 2 unspecified atom stereocenters. The van der Waals surface area contributed by atoms with Gasteiger partial charge in [0, 0.05) is 32.7 Å². The summed E-state index contributed by atoms with van der Waals surface area (Å²) in [4.78, 5) is 28.4. The van der Waals surface area contributed by atoms with Crippen LogP contribution in [0.4, 0.5) is 0 Å². The van der Waals surface area contributed by atoms with Gasteiger partial charge < -0.3 is 20.0 Å². The van der Waals surface area contributed by atoms with Crippen molar-refractivity contribution in [2.45, 2.75) is 62.4 Å². The minimum atomic E-state index is -0.394. The second kappa shape index (κ2) is 5.81. The van der Waals surface area contributed by atoms with Crippen molar-refractivity contribution in [3.63, 3.8) is 0 Å². The summed E-state index contributed by atoms with van der Waals surface area (Å²) in [6.07, 6.45) is 6.39. The zero-order chi connectivity index (χ0) is 15.8. The summed E-state index contributed by atoms with van der Waals surface area (Å²) >= 11 is 0. The van der Waals surface area contributed by atoms with E-state index in [9.17, 15) is 9.59 Å². The molecule has 6 nitrogen and oxygen atoms in total. The van der Waals surface area contributed by atoms with Crippen LogP contribution in [0.2, 0.25) is 0 Å². The first kappa shape index (κ1) is 15.7. The highest BCUT2D eigenvalue weighted by Crippen LogP contribution is 2.57. The molecule has 22 heavy (non-hydrogen) atoms. The minimum Gasteiger partial charge on any atom is -0.396 e. The second-order valence-electron chi connectivity index (χ2n) is 6.87. The molecular weight excluding hydrogens is 284 g/mol. The van der Waals surface area contributed by atoms with Crippen LogP contribution in [0.3, 0.4) is 0 Å². The summed E-state index contributed by atoms with van der Waals surface area (Å²) in [5, 5.41) is 17.7. The Morgan fingerprint density at radius 3 is 1.68 bits per heavy atom. The van der Waals surface area contributed by atoms with Crippen LogP contribution in [-0.2, 0) is 9.59 Å². The molecule has 2 N–H and O–H groups in total. The van der Waals surface area contributed by atoms with Gasteiger partial charge in [0.2, 0.25) is 11.8 Å². The lowest BCUT2D eigenvalue weighted by atomic mass is 9.79. The fourth-order valence-electron chi connectivity index (χ4n) is 4.25. The lowest BCUT2D eigenvalue weighted by molar-refractivity contribution is -0.114. The van der Waals surface area contributed by atoms with Gasteiger partial charge in [-0.15, -0.1) is 0 Å². The molecule has 2 spiro atoms. The first-order valence-corrected chi connectivity index (χ1v) is 8.48. The molecule has 0 aromatic heterocycles. The molecular formula is C16H26N2O4. The minimum absolute atomic E-state index is 0.163. The van der Waals surface area contributed by atoms with Crippen molar-refractivity contribution in [3.05, 3.63) is 0 Å². The van der Waals surface area contributed by atoms with E-state index in [-0.39, 0.29) is 25.0 Å². The highest BCUT2D eigenvalue weighted by Gasteiger charge is 2.74. The third kappa shape index (κ3) is 2.33. The molecule has 2 saturated heterocycles. The molecule has 0 aromatic carbocycles. The lowest BCUT2D eigenvalue weighted by Crippen LogP contribution is -2.36. The van der Waals surface area contributed by atoms with Crippen LogP contribution >= 0.6 is 0 Å². The molecule has 124 valence electrons. The predicted octanol–water partition coefficient (Wildman–Crippen LogP) is 0.267. The molecule has 1 saturated carbocycles. The smallest absolute Gasteiger partial charge is 0.249 e. The Labute approximate surface area is 131 Å². The topological polar surface area (TPSA) is 80.6 Å². The Morgan fingerprint density at radius 1 is 0.818 bits per heavy atom. The van der Waals surface area contributed by atoms with E-state index in [2.05, 4.69) is 0 Å². The van der Waals surface area contributed by atoms with Crippen LogP contribution in [0.15, 0.2) is 0 Å². The summed E-state index contributed by atoms with van der Waals surface area (Å²) in [6, 6.07) is 0. The fourth-order valence-corrected chi connectivity index (χ4v) is 4.25. The molecule has 1 aliphatic carbocycles. The maximum atomic E-state index is 12.3. The van der Waals surface area contributed by atoms with Gasteiger partial charge in [-0.3, -0.25) is 9.59 Å². The molecule has 2 amide bonds. The number of hydrogen-bond acceptors (Lipinski definition) is 4. The summed E-state index contributed by atoms with van der Waals surface area (Å²) < 4.78 is 0. The van der Waals surface area contributed by atoms with Crippen molar-refractivity contribution in [2.75, 3.05) is 26.3 Å². The zero-order valence-electron chi connectivity index (χ0n) is 13.1. The number of carbonyl (C=O) groups excluding carboxylic acids is 2. The molecule has 2 aliphatic heterocycles. The van der Waals surface area contributed by atoms with Gasteiger partial charge in [0.15, 0.2) is 0 Å². The maximum Gasteiger partial charge on any atom is 0.249 e. The van der Waals surface area contributed by atoms with Crippen molar-refractivity contribution in [3.8, 4) is 0 Å². The first-order chi connectivity index (χ1) is 10.6. The number of aliphatic hydroxyl groups is 2. The van der Waals surface area contributed by atoms with Gasteiger partial charge in [0.1, 0.15) is 11.1 Å². The molecule has 0 radical (unpaired) electrons. The van der Waals surface area contributed by atoms with Crippen LogP contribution in [0, 0.1) is 0 Å². The van der Waals surface area contributed by atoms with Crippen LogP contribution < -0.4 is 0 Å². The third-order valence-corrected chi connectivity index (χ3v) is 5.57. The number of nitrogens with zero attached hydrogens (tertiary/aromatic N) is 2. The highest BCUT2D eigenvalue weighted by molar-refractivity contribution is 6.07. The fraction of sp³-hybridized carbons (Fsp3) is 0.875. The number of aliphatic hydroxyl groups excluding tert-OH is 2. The SMILES string of the molecule is O=C1N(CCCCO)C12CCCC1(C2)C(=O)N1CCCCO. The van der Waals surface area contributed by atoms with Gasteiger partial charge in [-0.2, -0.15) is 0 Å². The molecule has 6 heteroatoms. The van der Waals surface area contributed by atoms with Gasteiger partial charge in [0.25, 0.3) is 0 Å². The molecule has 2 heterocycles. The van der Waals surface area contributed by atoms with Crippen molar-refractivity contribution in [1.82, 2.24) is 9.80 Å². The van der Waals surface area contributed by atoms with Crippen LogP contribution in [0.5, 0.6) is 0 Å². The van der Waals surface area contributed by atoms with Gasteiger partial charge in [0.05, 0.1) is 0 Å². The summed E-state index contributed by atoms with van der Waals surface area (Å²) in [5.41, 5.74) is -0.788. The lowest BCUT2D eigenvalue weighted by Gasteiger charge is -2.27. The Bertz CT molecular complexity index is 429. The number of unbranched alkanes of at least 4 members (excludes halogenated alkanes) is 2. The molecule has 3 rings (SSSR count). The number of carbonyl (C=O) groups is 2. The standard InChI is InChI=1S/C16H26N2O4/c19-10-3-1-8-17-13(21)15(17)6-5-7-16(12-15)14(22)18(16)9-2-4-11-20/h19-20H,1-12H2. The van der Waals surface area contributed by atoms with Gasteiger partial charge in [-0.05, 0) is 44.9 Å². The second-order valence-corrected chi connectivity index (χ2v) is 6.87. The van der Waals surface area contributed by atoms with Crippen molar-refractivity contribution >= 4 is 11.8 Å². The molecule has 0 aromatic rings. The molecule has 0 bridgehead atoms. The molecule has 2 atom stereocenters. The Kier molecular flexibility index (Phi) is 4.16. The number of rotatable bonds is 8. The van der Waals surface area contributed by atoms with E-state index in [1.54, 1.807) is 0 Å². The Balaban J connectivity index is 1.59. The quantitative estimate of drug-likeness (QED) is 0.498. The highest BCUT2D eigenvalue weighted by atomic mass is 16.3. The maximum absolute atomic E-state index is 12.3. The molecule has 3 aliphatic rings. The van der Waals surface area contributed by atoms with Crippen molar-refractivity contribution in [1.29, 1.82) is 0 Å². The van der Waals surface area contributed by atoms with E-state index in [1.165, 1.54) is 0 Å². The van der Waals surface area contributed by atoms with Crippen molar-refractivity contribution in [2.24, 2.45) is 0 Å². The van der Waals surface area contributed by atoms with E-state index in [4.69, 9.17) is 10.2 Å². The van der Waals surface area contributed by atoms with Gasteiger partial charge >= 0.3 is 0 Å².